The van der Waals surface area contributed by atoms with Gasteiger partial charge in [-0.2, -0.15) is 9.50 Å². The van der Waals surface area contributed by atoms with Gasteiger partial charge < -0.3 is 9.80 Å². The number of aryl methyl sites for hydroxylation is 1. The van der Waals surface area contributed by atoms with E-state index in [4.69, 9.17) is 10.1 Å². The van der Waals surface area contributed by atoms with Gasteiger partial charge in [-0.15, -0.1) is 5.10 Å². The van der Waals surface area contributed by atoms with E-state index in [1.54, 1.807) is 6.07 Å². The van der Waals surface area contributed by atoms with Crippen molar-refractivity contribution in [2.24, 2.45) is 0 Å². The molecule has 0 saturated carbocycles. The molecule has 1 aliphatic heterocycles. The number of rotatable bonds is 5. The fraction of sp³-hybridized carbons (Fsp3) is 0.333. The number of hydrogen-bond donors (Lipinski definition) is 0. The number of hydrogen-bond acceptors (Lipinski definition) is 6. The quantitative estimate of drug-likeness (QED) is 0.482. The molecule has 1 saturated heterocycles. The molecule has 0 aliphatic carbocycles. The summed E-state index contributed by atoms with van der Waals surface area (Å²) in [5.74, 6) is 3.06. The third kappa shape index (κ3) is 3.88. The first-order valence-electron chi connectivity index (χ1n) is 11.0. The van der Waals surface area contributed by atoms with Crippen molar-refractivity contribution in [1.29, 1.82) is 0 Å². The molecule has 0 spiro atoms. The van der Waals surface area contributed by atoms with E-state index >= 15 is 0 Å². The average Bonchev–Trinajstić information content (AvgIpc) is 3.20. The van der Waals surface area contributed by atoms with E-state index in [2.05, 4.69) is 32.8 Å². The normalized spacial score (nSPS) is 14.3. The Morgan fingerprint density at radius 2 is 1.78 bits per heavy atom. The number of piperazine rings is 1. The van der Waals surface area contributed by atoms with Gasteiger partial charge in [-0.1, -0.05) is 25.1 Å². The minimum Gasteiger partial charge on any atom is -0.353 e. The Bertz CT molecular complexity index is 1230. The van der Waals surface area contributed by atoms with Crippen LogP contribution in [0.1, 0.15) is 29.6 Å². The topological polar surface area (TPSA) is 62.5 Å². The van der Waals surface area contributed by atoms with Gasteiger partial charge in [-0.3, -0.25) is 0 Å². The maximum Gasteiger partial charge on any atom is 0.254 e. The van der Waals surface area contributed by atoms with Crippen LogP contribution in [-0.4, -0.2) is 50.7 Å². The first-order chi connectivity index (χ1) is 15.6. The van der Waals surface area contributed by atoms with Crippen molar-refractivity contribution in [2.45, 2.75) is 26.7 Å². The summed E-state index contributed by atoms with van der Waals surface area (Å²) in [4.78, 5) is 18.6. The molecule has 32 heavy (non-hydrogen) atoms. The average molecular weight is 432 g/mol. The molecule has 0 N–H and O–H groups in total. The SMILES string of the molecule is CCc1c(C)nc2nc(Cc3cccc(F)c3)nn2c1N1CCN(c2ccccn2)CC1. The Balaban J connectivity index is 1.47. The van der Waals surface area contributed by atoms with Crippen LogP contribution in [0.15, 0.2) is 48.7 Å². The molecule has 0 amide bonds. The Kier molecular flexibility index (Phi) is 5.43. The highest BCUT2D eigenvalue weighted by Crippen LogP contribution is 2.26. The van der Waals surface area contributed by atoms with Crippen LogP contribution < -0.4 is 9.80 Å². The molecule has 8 heteroatoms. The maximum absolute atomic E-state index is 13.6. The summed E-state index contributed by atoms with van der Waals surface area (Å²) in [5.41, 5.74) is 3.01. The van der Waals surface area contributed by atoms with Gasteiger partial charge in [-0.25, -0.2) is 14.4 Å². The van der Waals surface area contributed by atoms with E-state index < -0.39 is 0 Å². The second-order valence-corrected chi connectivity index (χ2v) is 8.06. The fourth-order valence-corrected chi connectivity index (χ4v) is 4.40. The minimum absolute atomic E-state index is 0.250. The van der Waals surface area contributed by atoms with Crippen LogP contribution in [0.25, 0.3) is 5.78 Å². The molecular formula is C24H26FN7. The standard InChI is InChI=1S/C24H26FN7/c1-3-20-17(2)27-24-28-21(16-18-7-6-8-19(25)15-18)29-32(24)23(20)31-13-11-30(12-14-31)22-9-4-5-10-26-22/h4-10,15H,3,11-14,16H2,1-2H3. The molecular weight excluding hydrogens is 405 g/mol. The molecule has 4 heterocycles. The van der Waals surface area contributed by atoms with E-state index in [-0.39, 0.29) is 5.82 Å². The molecule has 7 nitrogen and oxygen atoms in total. The van der Waals surface area contributed by atoms with E-state index in [0.29, 0.717) is 18.0 Å². The molecule has 3 aromatic heterocycles. The lowest BCUT2D eigenvalue weighted by molar-refractivity contribution is 0.625. The zero-order chi connectivity index (χ0) is 22.1. The van der Waals surface area contributed by atoms with Crippen LogP contribution in [0, 0.1) is 12.7 Å². The van der Waals surface area contributed by atoms with Gasteiger partial charge in [0.2, 0.25) is 0 Å². The molecule has 1 fully saturated rings. The lowest BCUT2D eigenvalue weighted by atomic mass is 10.1. The highest BCUT2D eigenvalue weighted by atomic mass is 19.1. The van der Waals surface area contributed by atoms with Gasteiger partial charge in [0, 0.05) is 50.1 Å². The molecule has 5 rings (SSSR count). The van der Waals surface area contributed by atoms with Crippen molar-refractivity contribution < 1.29 is 4.39 Å². The van der Waals surface area contributed by atoms with Gasteiger partial charge in [0.15, 0.2) is 5.82 Å². The molecule has 1 aliphatic rings. The van der Waals surface area contributed by atoms with Crippen molar-refractivity contribution in [3.05, 3.63) is 77.1 Å². The largest absolute Gasteiger partial charge is 0.353 e. The Morgan fingerprint density at radius 1 is 0.969 bits per heavy atom. The summed E-state index contributed by atoms with van der Waals surface area (Å²) >= 11 is 0. The fourth-order valence-electron chi connectivity index (χ4n) is 4.40. The molecule has 0 bridgehead atoms. The zero-order valence-corrected chi connectivity index (χ0v) is 18.4. The monoisotopic (exact) mass is 431 g/mol. The molecule has 4 aromatic rings. The van der Waals surface area contributed by atoms with Crippen molar-refractivity contribution >= 4 is 17.4 Å². The third-order valence-electron chi connectivity index (χ3n) is 5.97. The number of benzene rings is 1. The maximum atomic E-state index is 13.6. The highest BCUT2D eigenvalue weighted by molar-refractivity contribution is 5.56. The van der Waals surface area contributed by atoms with Gasteiger partial charge in [0.25, 0.3) is 5.78 Å². The summed E-state index contributed by atoms with van der Waals surface area (Å²) in [6.07, 6.45) is 3.17. The summed E-state index contributed by atoms with van der Waals surface area (Å²) < 4.78 is 15.5. The minimum atomic E-state index is -0.250. The number of nitrogens with zero attached hydrogens (tertiary/aromatic N) is 7. The first kappa shape index (κ1) is 20.4. The van der Waals surface area contributed by atoms with Crippen molar-refractivity contribution in [3.8, 4) is 0 Å². The number of anilines is 2. The predicted molar refractivity (Wildman–Crippen MR) is 123 cm³/mol. The van der Waals surface area contributed by atoms with E-state index in [1.807, 2.05) is 35.8 Å². The van der Waals surface area contributed by atoms with Crippen molar-refractivity contribution in [3.63, 3.8) is 0 Å². The van der Waals surface area contributed by atoms with E-state index in [0.717, 1.165) is 55.5 Å². The van der Waals surface area contributed by atoms with Crippen molar-refractivity contribution in [1.82, 2.24) is 24.6 Å². The Hall–Kier alpha value is -3.55. The van der Waals surface area contributed by atoms with Gasteiger partial charge in [0.05, 0.1) is 0 Å². The van der Waals surface area contributed by atoms with Crippen LogP contribution in [0.3, 0.4) is 0 Å². The van der Waals surface area contributed by atoms with Crippen LogP contribution >= 0.6 is 0 Å². The van der Waals surface area contributed by atoms with Gasteiger partial charge >= 0.3 is 0 Å². The predicted octanol–water partition coefficient (Wildman–Crippen LogP) is 3.45. The molecule has 0 atom stereocenters. The van der Waals surface area contributed by atoms with Crippen LogP contribution in [0.4, 0.5) is 16.0 Å². The molecule has 0 radical (unpaired) electrons. The summed E-state index contributed by atoms with van der Waals surface area (Å²) in [5, 5.41) is 4.79. The van der Waals surface area contributed by atoms with Gasteiger partial charge in [0.1, 0.15) is 17.5 Å². The van der Waals surface area contributed by atoms with Crippen molar-refractivity contribution in [2.75, 3.05) is 36.0 Å². The number of fused-ring (bicyclic) bond motifs is 1. The number of pyridine rings is 1. The lowest BCUT2D eigenvalue weighted by Gasteiger charge is -2.37. The van der Waals surface area contributed by atoms with Crippen LogP contribution in [0.2, 0.25) is 0 Å². The van der Waals surface area contributed by atoms with Crippen LogP contribution in [0.5, 0.6) is 0 Å². The highest BCUT2D eigenvalue weighted by Gasteiger charge is 2.25. The second-order valence-electron chi connectivity index (χ2n) is 8.06. The molecule has 1 aromatic carbocycles. The Labute approximate surface area is 186 Å². The Morgan fingerprint density at radius 3 is 2.50 bits per heavy atom. The number of aromatic nitrogens is 5. The summed E-state index contributed by atoms with van der Waals surface area (Å²) in [6.45, 7) is 7.67. The second kappa shape index (κ2) is 8.53. The summed E-state index contributed by atoms with van der Waals surface area (Å²) in [7, 11) is 0. The smallest absolute Gasteiger partial charge is 0.254 e. The molecule has 0 unspecified atom stereocenters. The number of halogens is 1. The van der Waals surface area contributed by atoms with Gasteiger partial charge in [-0.05, 0) is 43.2 Å². The summed E-state index contributed by atoms with van der Waals surface area (Å²) in [6, 6.07) is 12.6. The first-order valence-corrected chi connectivity index (χ1v) is 11.0. The lowest BCUT2D eigenvalue weighted by Crippen LogP contribution is -2.47. The zero-order valence-electron chi connectivity index (χ0n) is 18.4. The third-order valence-corrected chi connectivity index (χ3v) is 5.97. The van der Waals surface area contributed by atoms with E-state index in [1.165, 1.54) is 17.7 Å². The van der Waals surface area contributed by atoms with Crippen LogP contribution in [-0.2, 0) is 12.8 Å². The van der Waals surface area contributed by atoms with E-state index in [9.17, 15) is 4.39 Å². The molecule has 164 valence electrons.